The lowest BCUT2D eigenvalue weighted by atomic mass is 10.0. The van der Waals surface area contributed by atoms with Crippen molar-refractivity contribution in [2.75, 3.05) is 0 Å². The predicted octanol–water partition coefficient (Wildman–Crippen LogP) is 2.96. The van der Waals surface area contributed by atoms with Crippen molar-refractivity contribution in [2.45, 2.75) is 12.5 Å². The molecule has 18 heavy (non-hydrogen) atoms. The van der Waals surface area contributed by atoms with Crippen LogP contribution in [-0.2, 0) is 6.42 Å². The molecule has 0 radical (unpaired) electrons. The van der Waals surface area contributed by atoms with Crippen molar-refractivity contribution >= 4 is 11.6 Å². The molecule has 0 aliphatic carbocycles. The van der Waals surface area contributed by atoms with E-state index in [0.29, 0.717) is 17.7 Å². The highest BCUT2D eigenvalue weighted by atomic mass is 35.5. The average molecular weight is 273 g/mol. The number of benzene rings is 1. The molecule has 96 valence electrons. The number of hydrogen-bond acceptors (Lipinski definition) is 3. The molecule has 0 bridgehead atoms. The van der Waals surface area contributed by atoms with Gasteiger partial charge in [0.05, 0.1) is 6.04 Å². The van der Waals surface area contributed by atoms with Crippen molar-refractivity contribution in [2.24, 2.45) is 5.84 Å². The first-order valence-electron chi connectivity index (χ1n) is 5.25. The number of rotatable bonds is 4. The average Bonchev–Trinajstić information content (AvgIpc) is 2.77. The quantitative estimate of drug-likeness (QED) is 0.665. The number of nitrogens with two attached hydrogens (primary N) is 1. The maximum absolute atomic E-state index is 13.1. The molecule has 6 heteroatoms. The second-order valence-corrected chi connectivity index (χ2v) is 4.19. The molecule has 1 aromatic carbocycles. The van der Waals surface area contributed by atoms with Crippen LogP contribution in [0.4, 0.5) is 8.78 Å². The summed E-state index contributed by atoms with van der Waals surface area (Å²) >= 11 is 5.67. The van der Waals surface area contributed by atoms with Gasteiger partial charge in [0.25, 0.3) is 0 Å². The number of nitrogens with one attached hydrogen (secondary N) is 1. The van der Waals surface area contributed by atoms with Gasteiger partial charge in [-0.25, -0.2) is 14.2 Å². The molecular weight excluding hydrogens is 262 g/mol. The van der Waals surface area contributed by atoms with E-state index in [-0.39, 0.29) is 11.3 Å². The van der Waals surface area contributed by atoms with Crippen LogP contribution < -0.4 is 11.3 Å². The lowest BCUT2D eigenvalue weighted by Crippen LogP contribution is -2.29. The van der Waals surface area contributed by atoms with E-state index in [1.807, 2.05) is 0 Å². The Morgan fingerprint density at radius 1 is 1.22 bits per heavy atom. The maximum Gasteiger partial charge on any atom is 0.193 e. The molecule has 1 atom stereocenters. The summed E-state index contributed by atoms with van der Waals surface area (Å²) in [6, 6.07) is 6.60. The van der Waals surface area contributed by atoms with Crippen molar-refractivity contribution in [1.29, 1.82) is 0 Å². The highest BCUT2D eigenvalue weighted by molar-refractivity contribution is 6.28. The molecule has 1 unspecified atom stereocenters. The van der Waals surface area contributed by atoms with Crippen molar-refractivity contribution in [3.8, 4) is 0 Å². The first kappa shape index (κ1) is 13.0. The highest BCUT2D eigenvalue weighted by Gasteiger charge is 2.15. The molecule has 3 nitrogen and oxygen atoms in total. The minimum Gasteiger partial charge on any atom is -0.448 e. The lowest BCUT2D eigenvalue weighted by molar-refractivity contribution is 0.416. The fourth-order valence-corrected chi connectivity index (χ4v) is 1.81. The molecule has 0 saturated carbocycles. The molecule has 1 aromatic heterocycles. The monoisotopic (exact) mass is 272 g/mol. The molecule has 2 rings (SSSR count). The molecule has 0 fully saturated rings. The van der Waals surface area contributed by atoms with Crippen LogP contribution in [0, 0.1) is 11.6 Å². The van der Waals surface area contributed by atoms with Gasteiger partial charge in [0.15, 0.2) is 16.9 Å². The molecular formula is C12H11ClF2N2O. The van der Waals surface area contributed by atoms with Gasteiger partial charge < -0.3 is 4.42 Å². The SMILES string of the molecule is NNC(Cc1ccc(F)c(F)c1)c1ccc(Cl)o1. The van der Waals surface area contributed by atoms with Gasteiger partial charge in [-0.1, -0.05) is 6.07 Å². The number of halogens is 3. The second kappa shape index (κ2) is 5.48. The van der Waals surface area contributed by atoms with Crippen LogP contribution in [0.5, 0.6) is 0 Å². The zero-order valence-electron chi connectivity index (χ0n) is 9.29. The molecule has 0 saturated heterocycles. The largest absolute Gasteiger partial charge is 0.448 e. The van der Waals surface area contributed by atoms with Crippen LogP contribution in [-0.4, -0.2) is 0 Å². The van der Waals surface area contributed by atoms with Crippen LogP contribution in [0.25, 0.3) is 0 Å². The summed E-state index contributed by atoms with van der Waals surface area (Å²) in [5, 5.41) is 0.246. The number of hydrazine groups is 1. The Balaban J connectivity index is 2.17. The van der Waals surface area contributed by atoms with Gasteiger partial charge in [-0.2, -0.15) is 0 Å². The number of hydrogen-bond donors (Lipinski definition) is 2. The van der Waals surface area contributed by atoms with Crippen LogP contribution >= 0.6 is 11.6 Å². The third-order valence-corrected chi connectivity index (χ3v) is 2.77. The summed E-state index contributed by atoms with van der Waals surface area (Å²) in [5.41, 5.74) is 3.15. The van der Waals surface area contributed by atoms with Crippen LogP contribution in [0.15, 0.2) is 34.7 Å². The van der Waals surface area contributed by atoms with Crippen LogP contribution in [0.1, 0.15) is 17.4 Å². The molecule has 1 heterocycles. The van der Waals surface area contributed by atoms with Crippen molar-refractivity contribution in [1.82, 2.24) is 5.43 Å². The Labute approximate surface area is 108 Å². The third kappa shape index (κ3) is 2.87. The van der Waals surface area contributed by atoms with E-state index >= 15 is 0 Å². The van der Waals surface area contributed by atoms with E-state index in [1.54, 1.807) is 12.1 Å². The van der Waals surface area contributed by atoms with Crippen LogP contribution in [0.3, 0.4) is 0 Å². The van der Waals surface area contributed by atoms with Gasteiger partial charge >= 0.3 is 0 Å². The number of furan rings is 1. The molecule has 2 aromatic rings. The van der Waals surface area contributed by atoms with Gasteiger partial charge in [-0.05, 0) is 47.9 Å². The fraction of sp³-hybridized carbons (Fsp3) is 0.167. The topological polar surface area (TPSA) is 51.2 Å². The van der Waals surface area contributed by atoms with Gasteiger partial charge in [0.1, 0.15) is 5.76 Å². The lowest BCUT2D eigenvalue weighted by Gasteiger charge is -2.13. The Morgan fingerprint density at radius 3 is 2.56 bits per heavy atom. The molecule has 0 amide bonds. The van der Waals surface area contributed by atoms with Crippen molar-refractivity contribution in [3.05, 3.63) is 58.5 Å². The van der Waals surface area contributed by atoms with E-state index in [4.69, 9.17) is 21.9 Å². The minimum absolute atomic E-state index is 0.246. The second-order valence-electron chi connectivity index (χ2n) is 3.81. The van der Waals surface area contributed by atoms with E-state index < -0.39 is 11.6 Å². The van der Waals surface area contributed by atoms with Gasteiger partial charge in [-0.3, -0.25) is 5.84 Å². The Morgan fingerprint density at radius 2 is 2.00 bits per heavy atom. The molecule has 0 aliphatic rings. The van der Waals surface area contributed by atoms with Crippen molar-refractivity contribution < 1.29 is 13.2 Å². The summed E-state index contributed by atoms with van der Waals surface area (Å²) in [6.07, 6.45) is 0.359. The molecule has 0 aliphatic heterocycles. The zero-order valence-corrected chi connectivity index (χ0v) is 10.0. The van der Waals surface area contributed by atoms with Gasteiger partial charge in [0, 0.05) is 0 Å². The standard InChI is InChI=1S/C12H11ClF2N2O/c13-12-4-3-11(18-12)10(17-16)6-7-1-2-8(14)9(15)5-7/h1-5,10,17H,6,16H2. The summed E-state index contributed by atoms with van der Waals surface area (Å²) in [4.78, 5) is 0. The first-order chi connectivity index (χ1) is 8.60. The normalized spacial score (nSPS) is 12.7. The predicted molar refractivity (Wildman–Crippen MR) is 63.8 cm³/mol. The summed E-state index contributed by atoms with van der Waals surface area (Å²) < 4.78 is 31.1. The zero-order chi connectivity index (χ0) is 13.1. The van der Waals surface area contributed by atoms with Crippen molar-refractivity contribution in [3.63, 3.8) is 0 Å². The van der Waals surface area contributed by atoms with E-state index in [0.717, 1.165) is 12.1 Å². The Hall–Kier alpha value is -1.43. The molecule has 3 N–H and O–H groups in total. The smallest absolute Gasteiger partial charge is 0.193 e. The third-order valence-electron chi connectivity index (χ3n) is 2.56. The fourth-order valence-electron chi connectivity index (χ4n) is 1.66. The Bertz CT molecular complexity index is 545. The first-order valence-corrected chi connectivity index (χ1v) is 5.63. The highest BCUT2D eigenvalue weighted by Crippen LogP contribution is 2.23. The molecule has 0 spiro atoms. The summed E-state index contributed by atoms with van der Waals surface area (Å²) in [7, 11) is 0. The van der Waals surface area contributed by atoms with E-state index in [1.165, 1.54) is 6.07 Å². The van der Waals surface area contributed by atoms with Gasteiger partial charge in [0.2, 0.25) is 0 Å². The maximum atomic E-state index is 13.1. The Kier molecular flexibility index (Phi) is 3.96. The van der Waals surface area contributed by atoms with Crippen LogP contribution in [0.2, 0.25) is 5.22 Å². The minimum atomic E-state index is -0.888. The summed E-state index contributed by atoms with van der Waals surface area (Å²) in [6.45, 7) is 0. The summed E-state index contributed by atoms with van der Waals surface area (Å²) in [5.74, 6) is 4.18. The van der Waals surface area contributed by atoms with E-state index in [9.17, 15) is 8.78 Å². The van der Waals surface area contributed by atoms with Gasteiger partial charge in [-0.15, -0.1) is 0 Å². The van der Waals surface area contributed by atoms with E-state index in [2.05, 4.69) is 5.43 Å².